The van der Waals surface area contributed by atoms with Gasteiger partial charge in [-0.3, -0.25) is 14.8 Å². The highest BCUT2D eigenvalue weighted by Gasteiger charge is 2.38. The van der Waals surface area contributed by atoms with Crippen LogP contribution in [0.2, 0.25) is 0 Å². The summed E-state index contributed by atoms with van der Waals surface area (Å²) in [5.74, 6) is -1.56. The van der Waals surface area contributed by atoms with Gasteiger partial charge in [-0.05, 0) is 25.0 Å². The van der Waals surface area contributed by atoms with Crippen LogP contribution in [0.5, 0.6) is 0 Å². The van der Waals surface area contributed by atoms with E-state index < -0.39 is 12.1 Å². The lowest BCUT2D eigenvalue weighted by Gasteiger charge is -2.32. The molecule has 0 aromatic carbocycles. The average molecular weight is 409 g/mol. The number of nitrogens with zero attached hydrogens (tertiary/aromatic N) is 5. The lowest BCUT2D eigenvalue weighted by molar-refractivity contribution is -0.159. The number of thiazole rings is 1. The van der Waals surface area contributed by atoms with E-state index in [-0.39, 0.29) is 17.6 Å². The summed E-state index contributed by atoms with van der Waals surface area (Å²) >= 11 is 1.30. The largest absolute Gasteiger partial charge is 0.471 e. The molecule has 4 rings (SSSR count). The Morgan fingerprint density at radius 1 is 1.29 bits per heavy atom. The molecule has 1 aliphatic heterocycles. The first-order valence-corrected chi connectivity index (χ1v) is 9.35. The number of hydrogen-bond donors (Lipinski definition) is 0. The molecule has 11 heteroatoms. The second-order valence-corrected chi connectivity index (χ2v) is 7.23. The second-order valence-electron chi connectivity index (χ2n) is 6.35. The molecule has 0 saturated carbocycles. The smallest absolute Gasteiger partial charge is 0.337 e. The molecule has 1 saturated heterocycles. The summed E-state index contributed by atoms with van der Waals surface area (Å²) in [4.78, 5) is 26.6. The SMILES string of the molecule is O=C(c1cncs1)N1CCC[C@@H](c2ccc(-c3noc(C(F)(F)F)n3)cn2)C1. The van der Waals surface area contributed by atoms with Gasteiger partial charge in [0.2, 0.25) is 5.82 Å². The Kier molecular flexibility index (Phi) is 4.84. The van der Waals surface area contributed by atoms with Gasteiger partial charge in [-0.1, -0.05) is 5.16 Å². The summed E-state index contributed by atoms with van der Waals surface area (Å²) in [6.45, 7) is 1.21. The van der Waals surface area contributed by atoms with Crippen molar-refractivity contribution >= 4 is 17.2 Å². The molecule has 28 heavy (non-hydrogen) atoms. The highest BCUT2D eigenvalue weighted by atomic mass is 32.1. The Morgan fingerprint density at radius 2 is 2.14 bits per heavy atom. The molecule has 1 atom stereocenters. The van der Waals surface area contributed by atoms with Crippen molar-refractivity contribution in [3.8, 4) is 11.4 Å². The normalized spacial score (nSPS) is 17.7. The molecule has 3 aromatic rings. The van der Waals surface area contributed by atoms with Crippen LogP contribution in [0.3, 0.4) is 0 Å². The van der Waals surface area contributed by atoms with Crippen molar-refractivity contribution in [2.75, 3.05) is 13.1 Å². The van der Waals surface area contributed by atoms with Gasteiger partial charge in [0.05, 0.1) is 11.7 Å². The van der Waals surface area contributed by atoms with Crippen LogP contribution in [0.15, 0.2) is 34.6 Å². The van der Waals surface area contributed by atoms with Gasteiger partial charge in [-0.15, -0.1) is 11.3 Å². The number of halogens is 3. The summed E-state index contributed by atoms with van der Waals surface area (Å²) in [7, 11) is 0. The van der Waals surface area contributed by atoms with Crippen LogP contribution in [0.4, 0.5) is 13.2 Å². The van der Waals surface area contributed by atoms with E-state index in [1.165, 1.54) is 17.5 Å². The number of alkyl halides is 3. The third-order valence-corrected chi connectivity index (χ3v) is 5.24. The minimum Gasteiger partial charge on any atom is -0.337 e. The zero-order chi connectivity index (χ0) is 19.7. The van der Waals surface area contributed by atoms with Crippen LogP contribution in [-0.2, 0) is 6.18 Å². The number of rotatable bonds is 3. The fourth-order valence-corrected chi connectivity index (χ4v) is 3.70. The number of likely N-dealkylation sites (tertiary alicyclic amines) is 1. The van der Waals surface area contributed by atoms with Crippen molar-refractivity contribution in [1.29, 1.82) is 0 Å². The monoisotopic (exact) mass is 409 g/mol. The van der Waals surface area contributed by atoms with Crippen molar-refractivity contribution in [3.63, 3.8) is 0 Å². The number of carbonyl (C=O) groups is 1. The molecule has 1 fully saturated rings. The topological polar surface area (TPSA) is 85.0 Å². The summed E-state index contributed by atoms with van der Waals surface area (Å²) in [6.07, 6.45) is 0.0144. The van der Waals surface area contributed by atoms with Gasteiger partial charge >= 0.3 is 12.1 Å². The van der Waals surface area contributed by atoms with E-state index in [0.29, 0.717) is 23.5 Å². The number of pyridine rings is 1. The van der Waals surface area contributed by atoms with Gasteiger partial charge < -0.3 is 9.42 Å². The van der Waals surface area contributed by atoms with E-state index in [1.807, 2.05) is 0 Å². The predicted molar refractivity (Wildman–Crippen MR) is 92.5 cm³/mol. The molecule has 146 valence electrons. The lowest BCUT2D eigenvalue weighted by atomic mass is 9.94. The standard InChI is InChI=1S/C17H14F3N5O2S/c18-17(19,20)16-23-14(24-27-16)10-3-4-12(22-6-10)11-2-1-5-25(8-11)15(26)13-7-21-9-28-13/h3-4,6-7,9,11H,1-2,5,8H2/t11-/m1/s1. The van der Waals surface area contributed by atoms with Crippen LogP contribution in [0.1, 0.15) is 40.0 Å². The summed E-state index contributed by atoms with van der Waals surface area (Å²) in [5.41, 5.74) is 2.72. The Labute approximate surface area is 161 Å². The van der Waals surface area contributed by atoms with Crippen molar-refractivity contribution in [2.24, 2.45) is 0 Å². The molecule has 7 nitrogen and oxygen atoms in total. The van der Waals surface area contributed by atoms with Gasteiger partial charge in [0.15, 0.2) is 0 Å². The molecule has 0 unspecified atom stereocenters. The van der Waals surface area contributed by atoms with E-state index in [4.69, 9.17) is 0 Å². The molecule has 0 spiro atoms. The van der Waals surface area contributed by atoms with E-state index in [9.17, 15) is 18.0 Å². The van der Waals surface area contributed by atoms with E-state index >= 15 is 0 Å². The fourth-order valence-electron chi connectivity index (χ4n) is 3.12. The third kappa shape index (κ3) is 3.75. The Hall–Kier alpha value is -2.82. The first-order valence-electron chi connectivity index (χ1n) is 8.47. The van der Waals surface area contributed by atoms with Crippen LogP contribution in [0.25, 0.3) is 11.4 Å². The summed E-state index contributed by atoms with van der Waals surface area (Å²) in [6, 6.07) is 3.33. The lowest BCUT2D eigenvalue weighted by Crippen LogP contribution is -2.39. The quantitative estimate of drug-likeness (QED) is 0.657. The third-order valence-electron chi connectivity index (χ3n) is 4.48. The number of carbonyl (C=O) groups excluding carboxylic acids is 1. The first kappa shape index (κ1) is 18.5. The van der Waals surface area contributed by atoms with E-state index in [2.05, 4.69) is 24.6 Å². The fraction of sp³-hybridized carbons (Fsp3) is 0.353. The minimum absolute atomic E-state index is 0.0460. The molecule has 0 N–H and O–H groups in total. The molecular formula is C17H14F3N5O2S. The van der Waals surface area contributed by atoms with Crippen molar-refractivity contribution in [1.82, 2.24) is 25.0 Å². The van der Waals surface area contributed by atoms with E-state index in [1.54, 1.807) is 28.7 Å². The maximum absolute atomic E-state index is 12.6. The van der Waals surface area contributed by atoms with Gasteiger partial charge in [-0.2, -0.15) is 18.2 Å². The van der Waals surface area contributed by atoms with Gasteiger partial charge in [0, 0.05) is 36.5 Å². The molecule has 3 aromatic heterocycles. The van der Waals surface area contributed by atoms with Crippen LogP contribution in [0, 0.1) is 0 Å². The van der Waals surface area contributed by atoms with Crippen LogP contribution in [-0.4, -0.2) is 44.0 Å². The number of hydrogen-bond acceptors (Lipinski definition) is 7. The molecule has 0 aliphatic carbocycles. The second kappa shape index (κ2) is 7.30. The number of aromatic nitrogens is 4. The molecule has 4 heterocycles. The van der Waals surface area contributed by atoms with E-state index in [0.717, 1.165) is 18.5 Å². The van der Waals surface area contributed by atoms with Crippen molar-refractivity contribution in [3.05, 3.63) is 46.5 Å². The molecule has 0 bridgehead atoms. The molecule has 0 radical (unpaired) electrons. The van der Waals surface area contributed by atoms with Crippen molar-refractivity contribution in [2.45, 2.75) is 24.9 Å². The maximum Gasteiger partial charge on any atom is 0.471 e. The van der Waals surface area contributed by atoms with Crippen molar-refractivity contribution < 1.29 is 22.5 Å². The number of piperidine rings is 1. The molecule has 1 aliphatic rings. The molecular weight excluding hydrogens is 395 g/mol. The minimum atomic E-state index is -4.69. The average Bonchev–Trinajstić information content (AvgIpc) is 3.39. The van der Waals surface area contributed by atoms with Gasteiger partial charge in [0.1, 0.15) is 4.88 Å². The zero-order valence-corrected chi connectivity index (χ0v) is 15.2. The Bertz CT molecular complexity index is 956. The highest BCUT2D eigenvalue weighted by Crippen LogP contribution is 2.30. The highest BCUT2D eigenvalue weighted by molar-refractivity contribution is 7.11. The van der Waals surface area contributed by atoms with Gasteiger partial charge in [-0.25, -0.2) is 0 Å². The molecule has 1 amide bonds. The Balaban J connectivity index is 1.47. The zero-order valence-electron chi connectivity index (χ0n) is 14.4. The Morgan fingerprint density at radius 3 is 2.79 bits per heavy atom. The summed E-state index contributed by atoms with van der Waals surface area (Å²) < 4.78 is 42.0. The first-order chi connectivity index (χ1) is 13.4. The van der Waals surface area contributed by atoms with Crippen LogP contribution < -0.4 is 0 Å². The number of amides is 1. The summed E-state index contributed by atoms with van der Waals surface area (Å²) in [5, 5.41) is 3.36. The maximum atomic E-state index is 12.6. The predicted octanol–water partition coefficient (Wildman–Crippen LogP) is 3.63. The van der Waals surface area contributed by atoms with Crippen LogP contribution >= 0.6 is 11.3 Å². The van der Waals surface area contributed by atoms with Gasteiger partial charge in [0.25, 0.3) is 5.91 Å².